The normalized spacial score (nSPS) is 11.4. The van der Waals surface area contributed by atoms with Crippen molar-refractivity contribution in [2.75, 3.05) is 7.05 Å². The van der Waals surface area contributed by atoms with Crippen molar-refractivity contribution in [2.24, 2.45) is 0 Å². The Morgan fingerprint density at radius 1 is 1.04 bits per heavy atom. The highest BCUT2D eigenvalue weighted by Gasteiger charge is 2.10. The number of benzene rings is 2. The number of rotatable bonds is 4. The Kier molecular flexibility index (Phi) is 4.74. The summed E-state index contributed by atoms with van der Waals surface area (Å²) in [4.78, 5) is 14.0. The molecule has 124 valence electrons. The fourth-order valence-corrected chi connectivity index (χ4v) is 3.12. The summed E-state index contributed by atoms with van der Waals surface area (Å²) in [7, 11) is 2.03. The predicted molar refractivity (Wildman–Crippen MR) is 98.6 cm³/mol. The Hall–Kier alpha value is -2.10. The second-order valence-electron chi connectivity index (χ2n) is 6.33. The van der Waals surface area contributed by atoms with Gasteiger partial charge in [0.2, 0.25) is 0 Å². The molecule has 0 N–H and O–H groups in total. The molecule has 4 heteroatoms. The summed E-state index contributed by atoms with van der Waals surface area (Å²) < 4.78 is 5.36. The Balaban J connectivity index is 1.91. The fourth-order valence-electron chi connectivity index (χ4n) is 2.91. The molecule has 0 unspecified atom stereocenters. The zero-order valence-corrected chi connectivity index (χ0v) is 14.9. The van der Waals surface area contributed by atoms with Crippen LogP contribution in [0.5, 0.6) is 0 Å². The number of hydrogen-bond donors (Lipinski definition) is 0. The first-order valence-electron chi connectivity index (χ1n) is 7.89. The molecule has 0 aliphatic rings. The Labute approximate surface area is 146 Å². The van der Waals surface area contributed by atoms with Crippen LogP contribution >= 0.6 is 11.6 Å². The fraction of sp³-hybridized carbons (Fsp3) is 0.250. The summed E-state index contributed by atoms with van der Waals surface area (Å²) in [5.74, 6) is 0. The third kappa shape index (κ3) is 3.69. The maximum absolute atomic E-state index is 11.9. The van der Waals surface area contributed by atoms with E-state index < -0.39 is 0 Å². The van der Waals surface area contributed by atoms with Crippen molar-refractivity contribution in [3.8, 4) is 0 Å². The molecule has 0 fully saturated rings. The minimum atomic E-state index is -0.308. The number of fused-ring (bicyclic) bond motifs is 1. The van der Waals surface area contributed by atoms with Crippen LogP contribution in [0.1, 0.15) is 22.3 Å². The molecule has 0 atom stereocenters. The summed E-state index contributed by atoms with van der Waals surface area (Å²) in [6.45, 7) is 5.51. The van der Waals surface area contributed by atoms with Gasteiger partial charge in [-0.25, -0.2) is 4.79 Å². The first-order chi connectivity index (χ1) is 11.4. The minimum Gasteiger partial charge on any atom is -0.423 e. The van der Waals surface area contributed by atoms with Gasteiger partial charge in [-0.15, -0.1) is 0 Å². The molecule has 0 saturated carbocycles. The monoisotopic (exact) mass is 341 g/mol. The summed E-state index contributed by atoms with van der Waals surface area (Å²) in [6.07, 6.45) is 0. The molecule has 24 heavy (non-hydrogen) atoms. The van der Waals surface area contributed by atoms with Gasteiger partial charge in [-0.1, -0.05) is 23.7 Å². The van der Waals surface area contributed by atoms with Crippen molar-refractivity contribution in [1.29, 1.82) is 0 Å². The first kappa shape index (κ1) is 16.7. The highest BCUT2D eigenvalue weighted by atomic mass is 35.5. The van der Waals surface area contributed by atoms with Gasteiger partial charge in [-0.05, 0) is 67.4 Å². The van der Waals surface area contributed by atoms with Crippen molar-refractivity contribution >= 4 is 22.6 Å². The highest BCUT2D eigenvalue weighted by molar-refractivity contribution is 6.30. The summed E-state index contributed by atoms with van der Waals surface area (Å²) in [5.41, 5.74) is 4.78. The SMILES string of the molecule is Cc1cc2oc(=O)cc(CN(C)Cc3cccc(Cl)c3)c2cc1C. The van der Waals surface area contributed by atoms with Gasteiger partial charge in [0.1, 0.15) is 5.58 Å². The number of nitrogens with zero attached hydrogens (tertiary/aromatic N) is 1. The van der Waals surface area contributed by atoms with Crippen LogP contribution < -0.4 is 5.63 Å². The first-order valence-corrected chi connectivity index (χ1v) is 8.27. The van der Waals surface area contributed by atoms with E-state index in [1.807, 2.05) is 44.3 Å². The van der Waals surface area contributed by atoms with Gasteiger partial charge >= 0.3 is 5.63 Å². The second-order valence-corrected chi connectivity index (χ2v) is 6.76. The molecule has 1 aromatic heterocycles. The molecule has 0 aliphatic carbocycles. The van der Waals surface area contributed by atoms with E-state index in [-0.39, 0.29) is 5.63 Å². The maximum atomic E-state index is 11.9. The molecular weight excluding hydrogens is 322 g/mol. The topological polar surface area (TPSA) is 33.5 Å². The molecular formula is C20H20ClNO2. The zero-order valence-electron chi connectivity index (χ0n) is 14.1. The number of aryl methyl sites for hydroxylation is 2. The molecule has 1 heterocycles. The van der Waals surface area contributed by atoms with Crippen LogP contribution in [0.2, 0.25) is 5.02 Å². The lowest BCUT2D eigenvalue weighted by Crippen LogP contribution is -2.18. The Morgan fingerprint density at radius 3 is 2.54 bits per heavy atom. The van der Waals surface area contributed by atoms with Crippen LogP contribution in [0.15, 0.2) is 51.7 Å². The third-order valence-electron chi connectivity index (χ3n) is 4.23. The van der Waals surface area contributed by atoms with Crippen LogP contribution in [0, 0.1) is 13.8 Å². The largest absolute Gasteiger partial charge is 0.423 e. The van der Waals surface area contributed by atoms with Crippen molar-refractivity contribution in [1.82, 2.24) is 4.90 Å². The molecule has 0 radical (unpaired) electrons. The molecule has 0 spiro atoms. The molecule has 3 aromatic rings. The molecule has 2 aromatic carbocycles. The van der Waals surface area contributed by atoms with E-state index in [9.17, 15) is 4.79 Å². The lowest BCUT2D eigenvalue weighted by Gasteiger charge is -2.18. The minimum absolute atomic E-state index is 0.308. The van der Waals surface area contributed by atoms with E-state index in [1.54, 1.807) is 6.07 Å². The van der Waals surface area contributed by atoms with E-state index in [0.29, 0.717) is 12.1 Å². The van der Waals surface area contributed by atoms with E-state index in [4.69, 9.17) is 16.0 Å². The quantitative estimate of drug-likeness (QED) is 0.645. The highest BCUT2D eigenvalue weighted by Crippen LogP contribution is 2.23. The van der Waals surface area contributed by atoms with Gasteiger partial charge in [0.25, 0.3) is 0 Å². The third-order valence-corrected chi connectivity index (χ3v) is 4.46. The number of hydrogen-bond acceptors (Lipinski definition) is 3. The van der Waals surface area contributed by atoms with E-state index in [2.05, 4.69) is 17.9 Å². The standard InChI is InChI=1S/C20H20ClNO2/c1-13-7-18-16(10-20(23)24-19(18)8-14(13)2)12-22(3)11-15-5-4-6-17(21)9-15/h4-10H,11-12H2,1-3H3. The van der Waals surface area contributed by atoms with Crippen LogP contribution in [0.4, 0.5) is 0 Å². The predicted octanol–water partition coefficient (Wildman–Crippen LogP) is 4.70. The molecule has 3 nitrogen and oxygen atoms in total. The zero-order chi connectivity index (χ0) is 17.3. The Bertz CT molecular complexity index is 946. The lowest BCUT2D eigenvalue weighted by molar-refractivity contribution is 0.319. The Morgan fingerprint density at radius 2 is 1.79 bits per heavy atom. The van der Waals surface area contributed by atoms with Crippen LogP contribution in [0.25, 0.3) is 11.0 Å². The van der Waals surface area contributed by atoms with Crippen LogP contribution in [0.3, 0.4) is 0 Å². The summed E-state index contributed by atoms with van der Waals surface area (Å²) >= 11 is 6.05. The van der Waals surface area contributed by atoms with E-state index in [0.717, 1.165) is 33.6 Å². The average Bonchev–Trinajstić information content (AvgIpc) is 2.49. The van der Waals surface area contributed by atoms with Gasteiger partial charge in [-0.2, -0.15) is 0 Å². The van der Waals surface area contributed by atoms with E-state index in [1.165, 1.54) is 5.56 Å². The van der Waals surface area contributed by atoms with Gasteiger partial charge in [0.15, 0.2) is 0 Å². The smallest absolute Gasteiger partial charge is 0.336 e. The molecule has 0 aliphatic heterocycles. The maximum Gasteiger partial charge on any atom is 0.336 e. The van der Waals surface area contributed by atoms with Crippen molar-refractivity contribution in [2.45, 2.75) is 26.9 Å². The van der Waals surface area contributed by atoms with E-state index >= 15 is 0 Å². The average molecular weight is 342 g/mol. The van der Waals surface area contributed by atoms with Gasteiger partial charge in [0.05, 0.1) is 0 Å². The molecule has 0 saturated heterocycles. The number of halogens is 1. The van der Waals surface area contributed by atoms with Gasteiger partial charge in [0, 0.05) is 29.6 Å². The van der Waals surface area contributed by atoms with Crippen molar-refractivity contribution < 1.29 is 4.42 Å². The molecule has 0 amide bonds. The summed E-state index contributed by atoms with van der Waals surface area (Å²) in [6, 6.07) is 13.4. The van der Waals surface area contributed by atoms with Crippen molar-refractivity contribution in [3.05, 3.63) is 80.2 Å². The van der Waals surface area contributed by atoms with Crippen molar-refractivity contribution in [3.63, 3.8) is 0 Å². The molecule has 0 bridgehead atoms. The van der Waals surface area contributed by atoms with Gasteiger partial charge in [-0.3, -0.25) is 4.90 Å². The van der Waals surface area contributed by atoms with Gasteiger partial charge < -0.3 is 4.42 Å². The van der Waals surface area contributed by atoms with Crippen LogP contribution in [-0.2, 0) is 13.1 Å². The van der Waals surface area contributed by atoms with Crippen LogP contribution in [-0.4, -0.2) is 11.9 Å². The second kappa shape index (κ2) is 6.80. The lowest BCUT2D eigenvalue weighted by atomic mass is 10.0. The summed E-state index contributed by atoms with van der Waals surface area (Å²) in [5, 5.41) is 1.73. The molecule has 3 rings (SSSR count).